The molecule has 12 rings (SSSR count). The van der Waals surface area contributed by atoms with E-state index < -0.39 is 5.41 Å². The Labute approximate surface area is 389 Å². The third kappa shape index (κ3) is 6.43. The van der Waals surface area contributed by atoms with Crippen LogP contribution in [-0.2, 0) is 17.3 Å². The van der Waals surface area contributed by atoms with E-state index >= 15 is 0 Å². The molecule has 0 saturated heterocycles. The van der Waals surface area contributed by atoms with Gasteiger partial charge in [-0.05, 0) is 124 Å². The van der Waals surface area contributed by atoms with Crippen LogP contribution in [0.3, 0.4) is 0 Å². The summed E-state index contributed by atoms with van der Waals surface area (Å²) in [7, 11) is 0. The first kappa shape index (κ1) is 39.8. The minimum Gasteiger partial charge on any atom is -0.0622 e. The maximum Gasteiger partial charge on any atom is 0.0713 e. The van der Waals surface area contributed by atoms with E-state index in [2.05, 4.69) is 263 Å². The largest absolute Gasteiger partial charge is 0.0713 e. The molecule has 0 heteroatoms. The van der Waals surface area contributed by atoms with Gasteiger partial charge in [0.25, 0.3) is 0 Å². The van der Waals surface area contributed by atoms with E-state index in [0.29, 0.717) is 0 Å². The monoisotopic (exact) mass is 842 g/mol. The Bertz CT molecular complexity index is 3400. The van der Waals surface area contributed by atoms with Crippen LogP contribution >= 0.6 is 0 Å². The van der Waals surface area contributed by atoms with E-state index in [1.807, 2.05) is 0 Å². The molecule has 10 aromatic rings. The lowest BCUT2D eigenvalue weighted by Crippen LogP contribution is -2.28. The summed E-state index contributed by atoms with van der Waals surface area (Å²) in [5.74, 6) is 0.0445. The molecule has 0 nitrogen and oxygen atoms in total. The van der Waals surface area contributed by atoms with Crippen molar-refractivity contribution < 1.29 is 0 Å². The lowest BCUT2D eigenvalue weighted by molar-refractivity contribution is 0.657. The fourth-order valence-electron chi connectivity index (χ4n) is 11.6. The molecule has 0 amide bonds. The van der Waals surface area contributed by atoms with Crippen molar-refractivity contribution in [3.63, 3.8) is 0 Å². The van der Waals surface area contributed by atoms with Crippen molar-refractivity contribution >= 4 is 0 Å². The molecule has 0 radical (unpaired) electrons. The minimum absolute atomic E-state index is 0.0445. The molecule has 10 aromatic carbocycles. The molecule has 2 unspecified atom stereocenters. The predicted molar refractivity (Wildman–Crippen MR) is 276 cm³/mol. The Morgan fingerprint density at radius 2 is 0.833 bits per heavy atom. The molecule has 0 bridgehead atoms. The fourth-order valence-corrected chi connectivity index (χ4v) is 11.6. The SMILES string of the molecule is CC1(C)c2ccccc2-c2cc(-c3ccccc3)c(C(Cc3ccc4c(c3)C(c3ccccc3)(c3cccc(-c5ccccc5)c3)c3ccccc3-4)c3cccc(-c4ccccc4)c3)cc21. The van der Waals surface area contributed by atoms with Crippen LogP contribution in [-0.4, -0.2) is 0 Å². The smallest absolute Gasteiger partial charge is 0.0622 e. The molecule has 0 aliphatic heterocycles. The Balaban J connectivity index is 1.09. The van der Waals surface area contributed by atoms with E-state index in [-0.39, 0.29) is 11.3 Å². The molecular weight excluding hydrogens is 793 g/mol. The van der Waals surface area contributed by atoms with E-state index in [9.17, 15) is 0 Å². The molecule has 0 fully saturated rings. The van der Waals surface area contributed by atoms with Crippen LogP contribution in [0.5, 0.6) is 0 Å². The van der Waals surface area contributed by atoms with Gasteiger partial charge in [0, 0.05) is 11.3 Å². The van der Waals surface area contributed by atoms with E-state index in [1.54, 1.807) is 0 Å². The topological polar surface area (TPSA) is 0 Å². The highest BCUT2D eigenvalue weighted by Gasteiger charge is 2.46. The summed E-state index contributed by atoms with van der Waals surface area (Å²) >= 11 is 0. The van der Waals surface area contributed by atoms with Gasteiger partial charge in [0.2, 0.25) is 0 Å². The highest BCUT2D eigenvalue weighted by molar-refractivity contribution is 5.88. The lowest BCUT2D eigenvalue weighted by Gasteiger charge is -2.34. The van der Waals surface area contributed by atoms with Crippen LogP contribution in [0, 0.1) is 0 Å². The zero-order valence-corrected chi connectivity index (χ0v) is 37.5. The molecule has 314 valence electrons. The summed E-state index contributed by atoms with van der Waals surface area (Å²) < 4.78 is 0. The molecule has 2 aliphatic carbocycles. The van der Waals surface area contributed by atoms with Gasteiger partial charge in [0.05, 0.1) is 5.41 Å². The summed E-state index contributed by atoms with van der Waals surface area (Å²) in [5.41, 5.74) is 24.0. The number of hydrogen-bond donors (Lipinski definition) is 0. The summed E-state index contributed by atoms with van der Waals surface area (Å²) in [6.07, 6.45) is 0.822. The second-order valence-corrected chi connectivity index (χ2v) is 18.8. The van der Waals surface area contributed by atoms with Gasteiger partial charge < -0.3 is 0 Å². The number of rotatable bonds is 9. The van der Waals surface area contributed by atoms with Crippen molar-refractivity contribution in [3.8, 4) is 55.6 Å². The normalized spacial score (nSPS) is 15.6. The second-order valence-electron chi connectivity index (χ2n) is 18.8. The van der Waals surface area contributed by atoms with Crippen LogP contribution in [0.1, 0.15) is 69.8 Å². The third-order valence-corrected chi connectivity index (χ3v) is 14.8. The summed E-state index contributed by atoms with van der Waals surface area (Å²) in [6.45, 7) is 4.81. The number of hydrogen-bond acceptors (Lipinski definition) is 0. The fraction of sp³-hybridized carbons (Fsp3) is 0.0909. The van der Waals surface area contributed by atoms with Crippen LogP contribution in [0.15, 0.2) is 249 Å². The van der Waals surface area contributed by atoms with Crippen molar-refractivity contribution in [1.82, 2.24) is 0 Å². The molecule has 0 aromatic heterocycles. The molecule has 0 saturated carbocycles. The van der Waals surface area contributed by atoms with Gasteiger partial charge in [-0.2, -0.15) is 0 Å². The van der Waals surface area contributed by atoms with E-state index in [4.69, 9.17) is 0 Å². The van der Waals surface area contributed by atoms with Crippen LogP contribution in [0.4, 0.5) is 0 Å². The first-order valence-corrected chi connectivity index (χ1v) is 23.4. The number of fused-ring (bicyclic) bond motifs is 6. The highest BCUT2D eigenvalue weighted by Crippen LogP contribution is 2.57. The van der Waals surface area contributed by atoms with Gasteiger partial charge in [-0.25, -0.2) is 0 Å². The Morgan fingerprint density at radius 1 is 0.318 bits per heavy atom. The maximum absolute atomic E-state index is 2.59. The molecular formula is C66H50. The van der Waals surface area contributed by atoms with Gasteiger partial charge in [0.1, 0.15) is 0 Å². The van der Waals surface area contributed by atoms with Crippen LogP contribution in [0.2, 0.25) is 0 Å². The minimum atomic E-state index is -0.532. The Kier molecular flexibility index (Phi) is 9.65. The van der Waals surface area contributed by atoms with Crippen LogP contribution in [0.25, 0.3) is 55.6 Å². The molecule has 2 atom stereocenters. The molecule has 66 heavy (non-hydrogen) atoms. The average molecular weight is 843 g/mol. The number of benzene rings is 10. The molecule has 0 spiro atoms. The lowest BCUT2D eigenvalue weighted by atomic mass is 9.67. The van der Waals surface area contributed by atoms with Crippen molar-refractivity contribution in [1.29, 1.82) is 0 Å². The molecule has 0 N–H and O–H groups in total. The van der Waals surface area contributed by atoms with Crippen molar-refractivity contribution in [2.24, 2.45) is 0 Å². The Morgan fingerprint density at radius 3 is 1.52 bits per heavy atom. The van der Waals surface area contributed by atoms with E-state index in [0.717, 1.165) is 6.42 Å². The first-order valence-electron chi connectivity index (χ1n) is 23.4. The zero-order valence-electron chi connectivity index (χ0n) is 37.5. The molecule has 2 aliphatic rings. The van der Waals surface area contributed by atoms with Crippen LogP contribution < -0.4 is 0 Å². The third-order valence-electron chi connectivity index (χ3n) is 14.8. The van der Waals surface area contributed by atoms with Gasteiger partial charge in [-0.1, -0.05) is 250 Å². The predicted octanol–water partition coefficient (Wildman–Crippen LogP) is 16.7. The first-order chi connectivity index (χ1) is 32.5. The maximum atomic E-state index is 2.59. The summed E-state index contributed by atoms with van der Waals surface area (Å²) in [5, 5.41) is 0. The van der Waals surface area contributed by atoms with Gasteiger partial charge in [-0.3, -0.25) is 0 Å². The highest BCUT2D eigenvalue weighted by atomic mass is 14.5. The average Bonchev–Trinajstić information content (AvgIpc) is 3.81. The van der Waals surface area contributed by atoms with Gasteiger partial charge in [0.15, 0.2) is 0 Å². The standard InChI is InChI=1S/C66H50/c1-65(2)61-35-17-15-34-55(61)60-43-58(48-25-11-5-12-26-48)59(44-63(60)65)57(51-29-19-27-49(41-51)46-21-7-3-8-22-46)39-45-37-38-56-54-33-16-18-36-62(54)66(64(56)40-45,52-30-13-6-14-31-52)53-32-20-28-50(42-53)47-23-9-4-10-24-47/h3-38,40-44,57H,39H2,1-2H3. The van der Waals surface area contributed by atoms with Gasteiger partial charge >= 0.3 is 0 Å². The zero-order chi connectivity index (χ0) is 44.2. The Hall–Kier alpha value is -7.80. The van der Waals surface area contributed by atoms with Crippen molar-refractivity contribution in [2.45, 2.75) is 37.0 Å². The van der Waals surface area contributed by atoms with Crippen molar-refractivity contribution in [2.75, 3.05) is 0 Å². The van der Waals surface area contributed by atoms with E-state index in [1.165, 1.54) is 106 Å². The summed E-state index contributed by atoms with van der Waals surface area (Å²) in [6, 6.07) is 93.3. The second kappa shape index (κ2) is 16.0. The summed E-state index contributed by atoms with van der Waals surface area (Å²) in [4.78, 5) is 0. The van der Waals surface area contributed by atoms with Gasteiger partial charge in [-0.15, -0.1) is 0 Å². The quantitative estimate of drug-likeness (QED) is 0.136. The van der Waals surface area contributed by atoms with Crippen molar-refractivity contribution in [3.05, 3.63) is 299 Å². The molecule has 0 heterocycles.